The van der Waals surface area contributed by atoms with E-state index in [0.29, 0.717) is 30.7 Å². The minimum atomic E-state index is 0.306. The number of rotatable bonds is 5. The summed E-state index contributed by atoms with van der Waals surface area (Å²) in [7, 11) is 2.25. The van der Waals surface area contributed by atoms with Crippen molar-refractivity contribution in [2.45, 2.75) is 30.8 Å². The van der Waals surface area contributed by atoms with E-state index in [1.165, 1.54) is 37.1 Å². The first-order valence-electron chi connectivity index (χ1n) is 11.8. The zero-order valence-electron chi connectivity index (χ0n) is 18.6. The van der Waals surface area contributed by atoms with E-state index in [-0.39, 0.29) is 0 Å². The first kappa shape index (κ1) is 19.7. The van der Waals surface area contributed by atoms with E-state index in [2.05, 4.69) is 89.6 Å². The minimum absolute atomic E-state index is 0.306. The molecule has 2 atom stereocenters. The van der Waals surface area contributed by atoms with Crippen molar-refractivity contribution in [3.05, 3.63) is 90.0 Å². The molecule has 3 aromatic carbocycles. The van der Waals surface area contributed by atoms with E-state index in [1.807, 2.05) is 6.07 Å². The van der Waals surface area contributed by atoms with Gasteiger partial charge in [-0.25, -0.2) is 0 Å². The molecule has 0 spiro atoms. The van der Waals surface area contributed by atoms with E-state index in [1.54, 1.807) is 0 Å². The molecule has 0 aromatic heterocycles. The van der Waals surface area contributed by atoms with Crippen LogP contribution in [0.5, 0.6) is 11.5 Å². The van der Waals surface area contributed by atoms with Crippen LogP contribution in [0.15, 0.2) is 78.9 Å². The van der Waals surface area contributed by atoms with Crippen LogP contribution in [0, 0.1) is 5.92 Å². The van der Waals surface area contributed by atoms with Crippen LogP contribution >= 0.6 is 0 Å². The highest BCUT2D eigenvalue weighted by Crippen LogP contribution is 2.48. The van der Waals surface area contributed by atoms with Gasteiger partial charge in [-0.05, 0) is 55.1 Å². The molecule has 164 valence electrons. The van der Waals surface area contributed by atoms with Crippen LogP contribution in [0.2, 0.25) is 0 Å². The Morgan fingerprint density at radius 2 is 1.47 bits per heavy atom. The molecule has 7 rings (SSSR count). The molecule has 4 nitrogen and oxygen atoms in total. The first-order valence-corrected chi connectivity index (χ1v) is 11.8. The van der Waals surface area contributed by atoms with Gasteiger partial charge in [-0.3, -0.25) is 4.90 Å². The minimum Gasteiger partial charge on any atom is -0.454 e. The van der Waals surface area contributed by atoms with Crippen molar-refractivity contribution in [2.24, 2.45) is 5.92 Å². The molecule has 0 aliphatic carbocycles. The van der Waals surface area contributed by atoms with Gasteiger partial charge >= 0.3 is 0 Å². The maximum absolute atomic E-state index is 5.91. The number of benzene rings is 3. The van der Waals surface area contributed by atoms with E-state index < -0.39 is 0 Å². The highest BCUT2D eigenvalue weighted by molar-refractivity contribution is 5.66. The number of hydrogen-bond donors (Lipinski definition) is 0. The normalized spacial score (nSPS) is 25.8. The lowest BCUT2D eigenvalue weighted by molar-refractivity contribution is 0.0185. The summed E-state index contributed by atoms with van der Waals surface area (Å²) >= 11 is 0. The van der Waals surface area contributed by atoms with Gasteiger partial charge < -0.3 is 14.4 Å². The summed E-state index contributed by atoms with van der Waals surface area (Å²) in [5.41, 5.74) is 3.93. The van der Waals surface area contributed by atoms with Gasteiger partial charge in [0.15, 0.2) is 11.5 Å². The predicted octanol–water partition coefficient (Wildman–Crippen LogP) is 5.15. The van der Waals surface area contributed by atoms with E-state index >= 15 is 0 Å². The second-order valence-corrected chi connectivity index (χ2v) is 9.28. The molecule has 0 saturated carbocycles. The van der Waals surface area contributed by atoms with Gasteiger partial charge in [0, 0.05) is 25.0 Å². The molecule has 3 saturated heterocycles. The van der Waals surface area contributed by atoms with Gasteiger partial charge in [-0.1, -0.05) is 66.7 Å². The van der Waals surface area contributed by atoms with Crippen molar-refractivity contribution in [1.82, 2.24) is 4.90 Å². The number of fused-ring (bicyclic) bond motifs is 4. The van der Waals surface area contributed by atoms with Crippen molar-refractivity contribution >= 4 is 5.69 Å². The second-order valence-electron chi connectivity index (χ2n) is 9.28. The highest BCUT2D eigenvalue weighted by atomic mass is 16.7. The molecule has 4 aliphatic heterocycles. The van der Waals surface area contributed by atoms with Crippen LogP contribution in [0.1, 0.15) is 29.9 Å². The lowest BCUT2D eigenvalue weighted by Crippen LogP contribution is -2.65. The Morgan fingerprint density at radius 1 is 0.812 bits per heavy atom. The third kappa shape index (κ3) is 3.25. The maximum Gasteiger partial charge on any atom is 0.231 e. The van der Waals surface area contributed by atoms with Crippen molar-refractivity contribution < 1.29 is 9.47 Å². The number of ether oxygens (including phenoxy) is 2. The van der Waals surface area contributed by atoms with Crippen LogP contribution in [0.4, 0.5) is 5.69 Å². The summed E-state index contributed by atoms with van der Waals surface area (Å²) in [6, 6.07) is 29.2. The number of likely N-dealkylation sites (N-methyl/N-ethyl adjacent to an activating group) is 1. The number of para-hydroxylation sites is 1. The van der Waals surface area contributed by atoms with Crippen molar-refractivity contribution in [1.29, 1.82) is 0 Å². The van der Waals surface area contributed by atoms with Crippen molar-refractivity contribution in [3.8, 4) is 11.5 Å². The molecule has 4 aliphatic rings. The molecule has 2 bridgehead atoms. The number of piperidine rings is 3. The summed E-state index contributed by atoms with van der Waals surface area (Å²) < 4.78 is 11.6. The Kier molecular flexibility index (Phi) is 5.03. The summed E-state index contributed by atoms with van der Waals surface area (Å²) in [4.78, 5) is 5.24. The number of nitrogens with zero attached hydrogens (tertiary/aromatic N) is 2. The summed E-state index contributed by atoms with van der Waals surface area (Å²) in [5, 5.41) is 0. The molecule has 3 fully saturated rings. The summed E-state index contributed by atoms with van der Waals surface area (Å²) in [6.07, 6.45) is 2.52. The van der Waals surface area contributed by atoms with Crippen LogP contribution < -0.4 is 14.4 Å². The average Bonchev–Trinajstić information content (AvgIpc) is 3.35. The van der Waals surface area contributed by atoms with Crippen LogP contribution in [-0.2, 0) is 0 Å². The Balaban J connectivity index is 1.46. The lowest BCUT2D eigenvalue weighted by atomic mass is 9.70. The molecule has 0 radical (unpaired) electrons. The first-order chi connectivity index (χ1) is 15.8. The van der Waals surface area contributed by atoms with Gasteiger partial charge in [0.25, 0.3) is 0 Å². The molecular weight excluding hydrogens is 396 g/mol. The molecule has 0 unspecified atom stereocenters. The van der Waals surface area contributed by atoms with E-state index in [4.69, 9.17) is 9.47 Å². The van der Waals surface area contributed by atoms with E-state index in [0.717, 1.165) is 17.2 Å². The van der Waals surface area contributed by atoms with Crippen LogP contribution in [0.25, 0.3) is 0 Å². The van der Waals surface area contributed by atoms with Gasteiger partial charge in [0.05, 0.1) is 5.69 Å². The Labute approximate surface area is 190 Å². The Morgan fingerprint density at radius 3 is 2.12 bits per heavy atom. The molecule has 0 amide bonds. The average molecular weight is 427 g/mol. The SMILES string of the molecule is CN(c1cccc2c1OCO2)[C@@H]1C2CCN(CC2)[C@@H]1C(c1ccccc1)c1ccccc1. The van der Waals surface area contributed by atoms with Crippen LogP contribution in [-0.4, -0.2) is 43.9 Å². The zero-order chi connectivity index (χ0) is 21.5. The standard InChI is InChI=1S/C28H30N2O2/c1-29(23-13-8-14-24-28(23)32-19-31-24)26-22-15-17-30(18-16-22)27(26)25(20-9-4-2-5-10-20)21-11-6-3-7-12-21/h2-14,22,25-27H,15-19H2,1H3/t26-,27-/m1/s1. The summed E-state index contributed by atoms with van der Waals surface area (Å²) in [5.74, 6) is 2.74. The second kappa shape index (κ2) is 8.18. The smallest absolute Gasteiger partial charge is 0.231 e. The fourth-order valence-corrected chi connectivity index (χ4v) is 6.27. The summed E-state index contributed by atoms with van der Waals surface area (Å²) in [6.45, 7) is 2.67. The number of anilines is 1. The Hall–Kier alpha value is -2.98. The number of hydrogen-bond acceptors (Lipinski definition) is 4. The topological polar surface area (TPSA) is 24.9 Å². The van der Waals surface area contributed by atoms with Crippen LogP contribution in [0.3, 0.4) is 0 Å². The largest absolute Gasteiger partial charge is 0.454 e. The fraction of sp³-hybridized carbons (Fsp3) is 0.357. The highest BCUT2D eigenvalue weighted by Gasteiger charge is 2.48. The molecule has 4 heteroatoms. The Bertz CT molecular complexity index is 1020. The van der Waals surface area contributed by atoms with Gasteiger partial charge in [-0.2, -0.15) is 0 Å². The van der Waals surface area contributed by atoms with Gasteiger partial charge in [0.1, 0.15) is 0 Å². The van der Waals surface area contributed by atoms with E-state index in [9.17, 15) is 0 Å². The van der Waals surface area contributed by atoms with Crippen molar-refractivity contribution in [2.75, 3.05) is 31.8 Å². The quantitative estimate of drug-likeness (QED) is 0.564. The molecule has 32 heavy (non-hydrogen) atoms. The predicted molar refractivity (Wildman–Crippen MR) is 128 cm³/mol. The van der Waals surface area contributed by atoms with Crippen molar-refractivity contribution in [3.63, 3.8) is 0 Å². The molecule has 4 heterocycles. The third-order valence-electron chi connectivity index (χ3n) is 7.69. The fourth-order valence-electron chi connectivity index (χ4n) is 6.27. The van der Waals surface area contributed by atoms with Gasteiger partial charge in [0.2, 0.25) is 6.79 Å². The third-order valence-corrected chi connectivity index (χ3v) is 7.69. The molecule has 3 aromatic rings. The monoisotopic (exact) mass is 426 g/mol. The molecular formula is C28H30N2O2. The van der Waals surface area contributed by atoms with Gasteiger partial charge in [-0.15, -0.1) is 0 Å². The maximum atomic E-state index is 5.91. The zero-order valence-corrected chi connectivity index (χ0v) is 18.6. The lowest BCUT2D eigenvalue weighted by Gasteiger charge is -2.56. The molecule has 0 N–H and O–H groups in total.